The summed E-state index contributed by atoms with van der Waals surface area (Å²) >= 11 is 3.28. The number of carbonyl (C=O) groups is 2. The molecule has 1 heterocycles. The second kappa shape index (κ2) is 12.8. The van der Waals surface area contributed by atoms with Gasteiger partial charge in [-0.15, -0.1) is 0 Å². The van der Waals surface area contributed by atoms with Gasteiger partial charge >= 0.3 is 12.4 Å². The van der Waals surface area contributed by atoms with Crippen LogP contribution in [0.4, 0.5) is 40.8 Å². The zero-order chi connectivity index (χ0) is 34.3. The number of amides is 2. The van der Waals surface area contributed by atoms with Crippen molar-refractivity contribution in [2.45, 2.75) is 44.6 Å². The molecule has 250 valence electrons. The molecule has 1 aliphatic rings. The van der Waals surface area contributed by atoms with Crippen LogP contribution in [-0.4, -0.2) is 40.6 Å². The summed E-state index contributed by atoms with van der Waals surface area (Å²) in [5.74, 6) is -2.07. The third kappa shape index (κ3) is 7.36. The highest BCUT2D eigenvalue weighted by molar-refractivity contribution is 9.10. The van der Waals surface area contributed by atoms with Crippen LogP contribution in [0.1, 0.15) is 45.7 Å². The van der Waals surface area contributed by atoms with Gasteiger partial charge in [-0.2, -0.15) is 26.3 Å². The SMILES string of the molecule is Cn1c(Cc2cc(CNC(=O)C3(C(F)(F)F)CC3)ccc2C(F)(F)F)nc2cc(C(=O)Nc3ccc(Br)cc3)c(OCC(F)F)cc21. The number of aromatic nitrogens is 2. The van der Waals surface area contributed by atoms with Gasteiger partial charge in [0, 0.05) is 36.2 Å². The Morgan fingerprint density at radius 1 is 1.02 bits per heavy atom. The third-order valence-electron chi connectivity index (χ3n) is 7.79. The van der Waals surface area contributed by atoms with Crippen molar-refractivity contribution >= 4 is 44.5 Å². The maximum Gasteiger partial charge on any atom is 0.416 e. The summed E-state index contributed by atoms with van der Waals surface area (Å²) in [7, 11) is 1.48. The highest BCUT2D eigenvalue weighted by atomic mass is 79.9. The molecule has 2 amide bonds. The number of carbonyl (C=O) groups excluding carboxylic acids is 2. The second-order valence-corrected chi connectivity index (χ2v) is 11.9. The van der Waals surface area contributed by atoms with Crippen LogP contribution < -0.4 is 15.4 Å². The normalized spacial score (nSPS) is 14.4. The van der Waals surface area contributed by atoms with Gasteiger partial charge < -0.3 is 19.9 Å². The van der Waals surface area contributed by atoms with E-state index >= 15 is 0 Å². The van der Waals surface area contributed by atoms with E-state index < -0.39 is 61.1 Å². The zero-order valence-electron chi connectivity index (χ0n) is 24.3. The standard InChI is InChI=1S/C31H25BrF8N4O3/c1-44-23-13-24(47-15-25(33)34)20(27(45)42-19-5-3-18(32)4-6-19)12-22(23)43-26(44)11-17-10-16(2-7-21(17)30(35,36)37)14-41-28(46)29(8-9-29)31(38,39)40/h2-7,10,12-13,25H,8-9,11,14-15H2,1H3,(H,41,46)(H,42,45). The lowest BCUT2D eigenvalue weighted by Crippen LogP contribution is -2.40. The minimum Gasteiger partial charge on any atom is -0.487 e. The molecule has 1 aromatic heterocycles. The van der Waals surface area contributed by atoms with Gasteiger partial charge in [-0.05, 0) is 60.4 Å². The molecule has 2 N–H and O–H groups in total. The monoisotopic (exact) mass is 732 g/mol. The summed E-state index contributed by atoms with van der Waals surface area (Å²) in [6.45, 7) is -1.47. The molecule has 0 aliphatic heterocycles. The molecule has 1 saturated carbocycles. The molecule has 0 bridgehead atoms. The van der Waals surface area contributed by atoms with E-state index in [0.29, 0.717) is 5.69 Å². The van der Waals surface area contributed by atoms with Crippen molar-refractivity contribution in [3.63, 3.8) is 0 Å². The van der Waals surface area contributed by atoms with Crippen LogP contribution in [0.3, 0.4) is 0 Å². The van der Waals surface area contributed by atoms with E-state index in [2.05, 4.69) is 31.5 Å². The molecule has 1 fully saturated rings. The number of anilines is 1. The van der Waals surface area contributed by atoms with Gasteiger partial charge in [0.1, 0.15) is 23.6 Å². The first-order chi connectivity index (χ1) is 22.0. The minimum absolute atomic E-state index is 0.0889. The van der Waals surface area contributed by atoms with E-state index in [4.69, 9.17) is 4.74 Å². The molecule has 0 spiro atoms. The van der Waals surface area contributed by atoms with Crippen LogP contribution in [0.5, 0.6) is 5.75 Å². The first kappa shape index (κ1) is 34.1. The number of ether oxygens (including phenoxy) is 1. The summed E-state index contributed by atoms with van der Waals surface area (Å²) in [4.78, 5) is 29.9. The number of hydrogen-bond acceptors (Lipinski definition) is 4. The maximum atomic E-state index is 14.0. The largest absolute Gasteiger partial charge is 0.487 e. The number of fused-ring (bicyclic) bond motifs is 1. The average Bonchev–Trinajstić information content (AvgIpc) is 3.76. The Labute approximate surface area is 270 Å². The number of nitrogens with one attached hydrogen (secondary N) is 2. The second-order valence-electron chi connectivity index (χ2n) is 11.0. The van der Waals surface area contributed by atoms with Crippen LogP contribution in [0.2, 0.25) is 0 Å². The third-order valence-corrected chi connectivity index (χ3v) is 8.32. The molecule has 47 heavy (non-hydrogen) atoms. The number of hydrogen-bond donors (Lipinski definition) is 2. The van der Waals surface area contributed by atoms with Gasteiger partial charge in [-0.1, -0.05) is 28.1 Å². The lowest BCUT2D eigenvalue weighted by atomic mass is 10.00. The summed E-state index contributed by atoms with van der Waals surface area (Å²) < 4.78 is 115. The van der Waals surface area contributed by atoms with Crippen LogP contribution in [0.15, 0.2) is 59.1 Å². The fraction of sp³-hybridized carbons (Fsp3) is 0.323. The van der Waals surface area contributed by atoms with Crippen molar-refractivity contribution in [2.24, 2.45) is 12.5 Å². The number of nitrogens with zero attached hydrogens (tertiary/aromatic N) is 2. The number of benzene rings is 3. The fourth-order valence-electron chi connectivity index (χ4n) is 5.07. The minimum atomic E-state index is -4.80. The fourth-order valence-corrected chi connectivity index (χ4v) is 5.34. The summed E-state index contributed by atoms with van der Waals surface area (Å²) in [5.41, 5.74) is -2.98. The van der Waals surface area contributed by atoms with Gasteiger partial charge in [0.25, 0.3) is 12.3 Å². The Morgan fingerprint density at radius 3 is 2.30 bits per heavy atom. The smallest absolute Gasteiger partial charge is 0.416 e. The topological polar surface area (TPSA) is 85.2 Å². The quantitative estimate of drug-likeness (QED) is 0.163. The summed E-state index contributed by atoms with van der Waals surface area (Å²) in [5, 5.41) is 4.82. The molecule has 0 saturated heterocycles. The molecule has 3 aromatic carbocycles. The van der Waals surface area contributed by atoms with Crippen molar-refractivity contribution in [2.75, 3.05) is 11.9 Å². The summed E-state index contributed by atoms with van der Waals surface area (Å²) in [6, 6.07) is 12.1. The Bertz CT molecular complexity index is 1820. The summed E-state index contributed by atoms with van der Waals surface area (Å²) in [6.07, 6.45) is -13.6. The Balaban J connectivity index is 1.46. The van der Waals surface area contributed by atoms with Gasteiger partial charge in [-0.25, -0.2) is 13.8 Å². The van der Waals surface area contributed by atoms with E-state index in [1.165, 1.54) is 23.7 Å². The van der Waals surface area contributed by atoms with Crippen LogP contribution in [0, 0.1) is 5.41 Å². The van der Waals surface area contributed by atoms with Gasteiger partial charge in [0.15, 0.2) is 0 Å². The van der Waals surface area contributed by atoms with E-state index in [9.17, 15) is 44.7 Å². The molecule has 0 radical (unpaired) electrons. The van der Waals surface area contributed by atoms with Gasteiger partial charge in [0.05, 0.1) is 22.2 Å². The molecule has 16 heteroatoms. The molecular weight excluding hydrogens is 708 g/mol. The molecule has 5 rings (SSSR count). The Morgan fingerprint density at radius 2 is 1.70 bits per heavy atom. The number of alkyl halides is 8. The van der Waals surface area contributed by atoms with E-state index in [1.54, 1.807) is 24.3 Å². The Kier molecular flexibility index (Phi) is 9.27. The van der Waals surface area contributed by atoms with E-state index in [1.807, 2.05) is 0 Å². The van der Waals surface area contributed by atoms with Crippen LogP contribution in [0.25, 0.3) is 11.0 Å². The van der Waals surface area contributed by atoms with Crippen LogP contribution >= 0.6 is 15.9 Å². The van der Waals surface area contributed by atoms with E-state index in [-0.39, 0.29) is 52.1 Å². The maximum absolute atomic E-state index is 14.0. The first-order valence-electron chi connectivity index (χ1n) is 14.0. The van der Waals surface area contributed by atoms with Gasteiger partial charge in [-0.3, -0.25) is 9.59 Å². The number of imidazole rings is 1. The molecule has 0 atom stereocenters. The van der Waals surface area contributed by atoms with Crippen molar-refractivity contribution < 1.29 is 49.4 Å². The molecular formula is C31H25BrF8N4O3. The van der Waals surface area contributed by atoms with Crippen molar-refractivity contribution in [3.8, 4) is 5.75 Å². The molecule has 0 unspecified atom stereocenters. The molecule has 4 aromatic rings. The lowest BCUT2D eigenvalue weighted by molar-refractivity contribution is -0.192. The molecule has 7 nitrogen and oxygen atoms in total. The highest BCUT2D eigenvalue weighted by Crippen LogP contribution is 2.57. The average molecular weight is 733 g/mol. The number of halogens is 9. The van der Waals surface area contributed by atoms with E-state index in [0.717, 1.165) is 22.7 Å². The molecule has 1 aliphatic carbocycles. The van der Waals surface area contributed by atoms with Crippen molar-refractivity contribution in [1.82, 2.24) is 14.9 Å². The van der Waals surface area contributed by atoms with Crippen molar-refractivity contribution in [1.29, 1.82) is 0 Å². The zero-order valence-corrected chi connectivity index (χ0v) is 25.9. The predicted octanol–water partition coefficient (Wildman–Crippen LogP) is 7.80. The van der Waals surface area contributed by atoms with Crippen LogP contribution in [-0.2, 0) is 31.0 Å². The predicted molar refractivity (Wildman–Crippen MR) is 158 cm³/mol. The number of rotatable bonds is 10. The Hall–Kier alpha value is -4.21. The highest BCUT2D eigenvalue weighted by Gasteiger charge is 2.68. The number of aryl methyl sites for hydroxylation is 1. The van der Waals surface area contributed by atoms with Crippen molar-refractivity contribution in [3.05, 3.63) is 87.1 Å². The lowest BCUT2D eigenvalue weighted by Gasteiger charge is -2.19. The first-order valence-corrected chi connectivity index (χ1v) is 14.8. The van der Waals surface area contributed by atoms with Gasteiger partial charge in [0.2, 0.25) is 5.91 Å².